The molecule has 1 aliphatic rings. The average Bonchev–Trinajstić information content (AvgIpc) is 2.59. The largest absolute Gasteiger partial charge is 0.478 e. The Kier molecular flexibility index (Phi) is 4.56. The molecule has 1 unspecified atom stereocenters. The van der Waals surface area contributed by atoms with E-state index in [1.54, 1.807) is 23.1 Å². The Morgan fingerprint density at radius 3 is 2.71 bits per heavy atom. The number of benzene rings is 2. The van der Waals surface area contributed by atoms with Gasteiger partial charge in [-0.05, 0) is 29.7 Å². The molecule has 0 bridgehead atoms. The van der Waals surface area contributed by atoms with Gasteiger partial charge in [-0.25, -0.2) is 0 Å². The number of hydrogen-bond donors (Lipinski definition) is 1. The quantitative estimate of drug-likeness (QED) is 0.678. The standard InChI is InChI=1S/C20H22N2O2/c1-3-11-22-17-10-9-16(21)13-18(17)24-19(20(22)23)12-15-8-6-5-7-14(15)4-2/h3,5-10,13,19H,1,4,11-12,21H2,2H3. The van der Waals surface area contributed by atoms with E-state index in [0.717, 1.165) is 17.7 Å². The van der Waals surface area contributed by atoms with Gasteiger partial charge in [-0.2, -0.15) is 0 Å². The lowest BCUT2D eigenvalue weighted by Gasteiger charge is -2.34. The van der Waals surface area contributed by atoms with Crippen molar-refractivity contribution >= 4 is 17.3 Å². The van der Waals surface area contributed by atoms with Gasteiger partial charge in [0.2, 0.25) is 0 Å². The number of rotatable bonds is 5. The fraction of sp³-hybridized carbons (Fsp3) is 0.250. The molecule has 4 nitrogen and oxygen atoms in total. The Bertz CT molecular complexity index is 770. The van der Waals surface area contributed by atoms with Crippen LogP contribution >= 0.6 is 0 Å². The van der Waals surface area contributed by atoms with E-state index in [1.807, 2.05) is 18.2 Å². The second kappa shape index (κ2) is 6.79. The summed E-state index contributed by atoms with van der Waals surface area (Å²) >= 11 is 0. The van der Waals surface area contributed by atoms with E-state index in [4.69, 9.17) is 10.5 Å². The Balaban J connectivity index is 1.94. The monoisotopic (exact) mass is 322 g/mol. The minimum absolute atomic E-state index is 0.0434. The lowest BCUT2D eigenvalue weighted by atomic mass is 9.98. The SMILES string of the molecule is C=CCN1C(=O)C(Cc2ccccc2CC)Oc2cc(N)ccc21. The van der Waals surface area contributed by atoms with Gasteiger partial charge in [-0.3, -0.25) is 4.79 Å². The zero-order valence-corrected chi connectivity index (χ0v) is 13.9. The fourth-order valence-electron chi connectivity index (χ4n) is 3.09. The maximum atomic E-state index is 12.9. The van der Waals surface area contributed by atoms with Crippen LogP contribution in [0.4, 0.5) is 11.4 Å². The van der Waals surface area contributed by atoms with E-state index < -0.39 is 6.10 Å². The smallest absolute Gasteiger partial charge is 0.268 e. The zero-order valence-electron chi connectivity index (χ0n) is 13.9. The number of amides is 1. The lowest BCUT2D eigenvalue weighted by Crippen LogP contribution is -2.47. The lowest BCUT2D eigenvalue weighted by molar-refractivity contribution is -0.126. The number of fused-ring (bicyclic) bond motifs is 1. The molecule has 0 fully saturated rings. The number of aryl methyl sites for hydroxylation is 1. The van der Waals surface area contributed by atoms with Gasteiger partial charge in [0.15, 0.2) is 6.10 Å². The van der Waals surface area contributed by atoms with Crippen LogP contribution < -0.4 is 15.4 Å². The molecule has 1 heterocycles. The molecule has 0 radical (unpaired) electrons. The first-order chi connectivity index (χ1) is 11.6. The van der Waals surface area contributed by atoms with E-state index in [2.05, 4.69) is 25.6 Å². The van der Waals surface area contributed by atoms with Gasteiger partial charge < -0.3 is 15.4 Å². The number of nitrogen functional groups attached to an aromatic ring is 1. The first-order valence-electron chi connectivity index (χ1n) is 8.19. The molecule has 0 aromatic heterocycles. The van der Waals surface area contributed by atoms with Crippen molar-refractivity contribution in [1.82, 2.24) is 0 Å². The van der Waals surface area contributed by atoms with Gasteiger partial charge in [0, 0.05) is 24.7 Å². The molecule has 2 aromatic carbocycles. The molecule has 1 atom stereocenters. The van der Waals surface area contributed by atoms with Crippen molar-refractivity contribution in [1.29, 1.82) is 0 Å². The second-order valence-corrected chi connectivity index (χ2v) is 5.90. The van der Waals surface area contributed by atoms with Gasteiger partial charge in [-0.15, -0.1) is 6.58 Å². The number of nitrogens with two attached hydrogens (primary N) is 1. The van der Waals surface area contributed by atoms with Gasteiger partial charge in [0.1, 0.15) is 5.75 Å². The zero-order chi connectivity index (χ0) is 17.1. The molecular weight excluding hydrogens is 300 g/mol. The average molecular weight is 322 g/mol. The van der Waals surface area contributed by atoms with E-state index in [-0.39, 0.29) is 5.91 Å². The minimum Gasteiger partial charge on any atom is -0.478 e. The van der Waals surface area contributed by atoms with Crippen LogP contribution in [0.1, 0.15) is 18.1 Å². The highest BCUT2D eigenvalue weighted by molar-refractivity contribution is 6.00. The van der Waals surface area contributed by atoms with Crippen molar-refractivity contribution in [3.05, 3.63) is 66.2 Å². The third kappa shape index (κ3) is 3.00. The molecule has 2 N–H and O–H groups in total. The van der Waals surface area contributed by atoms with Gasteiger partial charge in [-0.1, -0.05) is 37.3 Å². The van der Waals surface area contributed by atoms with Crippen LogP contribution in [0, 0.1) is 0 Å². The molecule has 0 saturated heterocycles. The summed E-state index contributed by atoms with van der Waals surface area (Å²) in [5, 5.41) is 0. The predicted octanol–water partition coefficient (Wildman–Crippen LogP) is 3.35. The van der Waals surface area contributed by atoms with Crippen LogP contribution in [0.2, 0.25) is 0 Å². The van der Waals surface area contributed by atoms with Gasteiger partial charge in [0.25, 0.3) is 5.91 Å². The summed E-state index contributed by atoms with van der Waals surface area (Å²) in [6.45, 7) is 6.32. The maximum Gasteiger partial charge on any atom is 0.268 e. The number of ether oxygens (including phenoxy) is 1. The van der Waals surface area contributed by atoms with Gasteiger partial charge in [0.05, 0.1) is 5.69 Å². The second-order valence-electron chi connectivity index (χ2n) is 5.90. The number of carbonyl (C=O) groups excluding carboxylic acids is 1. The van der Waals surface area contributed by atoms with Crippen molar-refractivity contribution < 1.29 is 9.53 Å². The van der Waals surface area contributed by atoms with E-state index in [1.165, 1.54) is 5.56 Å². The molecule has 1 amide bonds. The first kappa shape index (κ1) is 16.1. The van der Waals surface area contributed by atoms with Gasteiger partial charge >= 0.3 is 0 Å². The third-order valence-corrected chi connectivity index (χ3v) is 4.30. The van der Waals surface area contributed by atoms with Crippen molar-refractivity contribution in [2.24, 2.45) is 0 Å². The summed E-state index contributed by atoms with van der Waals surface area (Å²) in [4.78, 5) is 14.6. The van der Waals surface area contributed by atoms with E-state index >= 15 is 0 Å². The number of carbonyl (C=O) groups is 1. The Morgan fingerprint density at radius 2 is 2.00 bits per heavy atom. The fourth-order valence-corrected chi connectivity index (χ4v) is 3.09. The van der Waals surface area contributed by atoms with Crippen LogP contribution in [-0.2, 0) is 17.6 Å². The first-order valence-corrected chi connectivity index (χ1v) is 8.19. The normalized spacial score (nSPS) is 16.5. The summed E-state index contributed by atoms with van der Waals surface area (Å²) in [6.07, 6.45) is 2.65. The van der Waals surface area contributed by atoms with Crippen LogP contribution in [0.25, 0.3) is 0 Å². The highest BCUT2D eigenvalue weighted by atomic mass is 16.5. The van der Waals surface area contributed by atoms with E-state index in [9.17, 15) is 4.79 Å². The van der Waals surface area contributed by atoms with Crippen LogP contribution in [-0.4, -0.2) is 18.6 Å². The number of anilines is 2. The Morgan fingerprint density at radius 1 is 1.25 bits per heavy atom. The van der Waals surface area contributed by atoms with E-state index in [0.29, 0.717) is 24.4 Å². The number of nitrogens with zero attached hydrogens (tertiary/aromatic N) is 1. The van der Waals surface area contributed by atoms with Crippen molar-refractivity contribution in [3.8, 4) is 5.75 Å². The topological polar surface area (TPSA) is 55.6 Å². The van der Waals surface area contributed by atoms with Crippen molar-refractivity contribution in [3.63, 3.8) is 0 Å². The molecule has 2 aromatic rings. The van der Waals surface area contributed by atoms with Crippen LogP contribution in [0.5, 0.6) is 5.75 Å². The van der Waals surface area contributed by atoms with Crippen LogP contribution in [0.3, 0.4) is 0 Å². The predicted molar refractivity (Wildman–Crippen MR) is 97.3 cm³/mol. The summed E-state index contributed by atoms with van der Waals surface area (Å²) in [5.41, 5.74) is 9.62. The summed E-state index contributed by atoms with van der Waals surface area (Å²) < 4.78 is 6.00. The third-order valence-electron chi connectivity index (χ3n) is 4.30. The highest BCUT2D eigenvalue weighted by Crippen LogP contribution is 2.36. The Labute approximate surface area is 142 Å². The molecule has 1 aliphatic heterocycles. The molecule has 24 heavy (non-hydrogen) atoms. The number of hydrogen-bond acceptors (Lipinski definition) is 3. The van der Waals surface area contributed by atoms with Crippen molar-refractivity contribution in [2.75, 3.05) is 17.2 Å². The molecule has 3 rings (SSSR count). The molecule has 0 aliphatic carbocycles. The van der Waals surface area contributed by atoms with Crippen LogP contribution in [0.15, 0.2) is 55.1 Å². The van der Waals surface area contributed by atoms with Crippen molar-refractivity contribution in [2.45, 2.75) is 25.9 Å². The minimum atomic E-state index is -0.549. The molecule has 4 heteroatoms. The summed E-state index contributed by atoms with van der Waals surface area (Å²) in [7, 11) is 0. The maximum absolute atomic E-state index is 12.9. The molecule has 124 valence electrons. The highest BCUT2D eigenvalue weighted by Gasteiger charge is 2.34. The summed E-state index contributed by atoms with van der Waals surface area (Å²) in [5.74, 6) is 0.605. The molecular formula is C20H22N2O2. The summed E-state index contributed by atoms with van der Waals surface area (Å²) in [6, 6.07) is 13.5. The molecule has 0 saturated carbocycles. The molecule has 0 spiro atoms. The Hall–Kier alpha value is -2.75.